The standard InChI is InChI=1S/C15H14N2O/c1-2-11-10-13(16)8-9-14(11)17-15(18)12-6-4-3-5-7-12/h2-10H,1,16H2,(H,17,18). The molecule has 0 aliphatic heterocycles. The number of nitrogens with two attached hydrogens (primary N) is 1. The highest BCUT2D eigenvalue weighted by Gasteiger charge is 2.07. The number of benzene rings is 2. The normalized spacial score (nSPS) is 9.78. The highest BCUT2D eigenvalue weighted by molar-refractivity contribution is 6.05. The van der Waals surface area contributed by atoms with E-state index in [4.69, 9.17) is 5.73 Å². The summed E-state index contributed by atoms with van der Waals surface area (Å²) in [5, 5.41) is 2.84. The van der Waals surface area contributed by atoms with Crippen LogP contribution >= 0.6 is 0 Å². The van der Waals surface area contributed by atoms with Gasteiger partial charge in [-0.1, -0.05) is 30.9 Å². The Morgan fingerprint density at radius 1 is 1.17 bits per heavy atom. The Balaban J connectivity index is 2.25. The number of hydrogen-bond acceptors (Lipinski definition) is 2. The van der Waals surface area contributed by atoms with Crippen LogP contribution in [0.2, 0.25) is 0 Å². The number of carbonyl (C=O) groups is 1. The lowest BCUT2D eigenvalue weighted by Gasteiger charge is -2.09. The van der Waals surface area contributed by atoms with Gasteiger partial charge in [0.25, 0.3) is 5.91 Å². The maximum absolute atomic E-state index is 12.0. The van der Waals surface area contributed by atoms with Gasteiger partial charge in [0, 0.05) is 16.9 Å². The molecule has 0 aromatic heterocycles. The molecule has 3 nitrogen and oxygen atoms in total. The van der Waals surface area contributed by atoms with E-state index in [1.807, 2.05) is 18.2 Å². The van der Waals surface area contributed by atoms with E-state index in [1.54, 1.807) is 36.4 Å². The van der Waals surface area contributed by atoms with Crippen molar-refractivity contribution in [1.82, 2.24) is 0 Å². The van der Waals surface area contributed by atoms with E-state index in [9.17, 15) is 4.79 Å². The van der Waals surface area contributed by atoms with Crippen molar-refractivity contribution >= 4 is 23.4 Å². The molecule has 0 aliphatic rings. The second kappa shape index (κ2) is 5.19. The molecular weight excluding hydrogens is 224 g/mol. The third-order valence-corrected chi connectivity index (χ3v) is 2.58. The van der Waals surface area contributed by atoms with Gasteiger partial charge in [-0.2, -0.15) is 0 Å². The highest BCUT2D eigenvalue weighted by atomic mass is 16.1. The van der Waals surface area contributed by atoms with Crippen molar-refractivity contribution in [1.29, 1.82) is 0 Å². The minimum atomic E-state index is -0.150. The van der Waals surface area contributed by atoms with Gasteiger partial charge in [-0.15, -0.1) is 0 Å². The van der Waals surface area contributed by atoms with Crippen molar-refractivity contribution in [3.05, 3.63) is 66.2 Å². The number of rotatable bonds is 3. The van der Waals surface area contributed by atoms with Gasteiger partial charge in [-0.25, -0.2) is 0 Å². The molecule has 0 bridgehead atoms. The molecule has 3 heteroatoms. The lowest BCUT2D eigenvalue weighted by atomic mass is 10.1. The molecule has 90 valence electrons. The minimum Gasteiger partial charge on any atom is -0.399 e. The van der Waals surface area contributed by atoms with Gasteiger partial charge in [-0.3, -0.25) is 4.79 Å². The number of nitrogens with one attached hydrogen (secondary N) is 1. The fourth-order valence-corrected chi connectivity index (χ4v) is 1.65. The quantitative estimate of drug-likeness (QED) is 0.807. The van der Waals surface area contributed by atoms with Gasteiger partial charge in [0.2, 0.25) is 0 Å². The minimum absolute atomic E-state index is 0.150. The Kier molecular flexibility index (Phi) is 3.44. The molecule has 18 heavy (non-hydrogen) atoms. The highest BCUT2D eigenvalue weighted by Crippen LogP contribution is 2.20. The van der Waals surface area contributed by atoms with Gasteiger partial charge in [-0.05, 0) is 35.9 Å². The Morgan fingerprint density at radius 2 is 1.89 bits per heavy atom. The van der Waals surface area contributed by atoms with Crippen LogP contribution in [0.3, 0.4) is 0 Å². The maximum Gasteiger partial charge on any atom is 0.255 e. The monoisotopic (exact) mass is 238 g/mol. The predicted molar refractivity (Wildman–Crippen MR) is 75.3 cm³/mol. The first-order valence-electron chi connectivity index (χ1n) is 5.59. The van der Waals surface area contributed by atoms with Gasteiger partial charge in [0.1, 0.15) is 0 Å². The summed E-state index contributed by atoms with van der Waals surface area (Å²) in [5.74, 6) is -0.150. The van der Waals surface area contributed by atoms with Crippen molar-refractivity contribution < 1.29 is 4.79 Å². The first-order valence-corrected chi connectivity index (χ1v) is 5.59. The molecular formula is C15H14N2O. The predicted octanol–water partition coefficient (Wildman–Crippen LogP) is 3.16. The zero-order valence-electron chi connectivity index (χ0n) is 9.89. The second-order valence-corrected chi connectivity index (χ2v) is 3.87. The van der Waals surface area contributed by atoms with Crippen LogP contribution in [0.15, 0.2) is 55.1 Å². The lowest BCUT2D eigenvalue weighted by molar-refractivity contribution is 0.102. The van der Waals surface area contributed by atoms with Crippen LogP contribution in [0, 0.1) is 0 Å². The first kappa shape index (κ1) is 11.9. The zero-order valence-corrected chi connectivity index (χ0v) is 9.89. The lowest BCUT2D eigenvalue weighted by Crippen LogP contribution is -2.12. The molecule has 2 rings (SSSR count). The number of carbonyl (C=O) groups excluding carboxylic acids is 1. The third-order valence-electron chi connectivity index (χ3n) is 2.58. The molecule has 0 fully saturated rings. The van der Waals surface area contributed by atoms with Crippen LogP contribution in [0.1, 0.15) is 15.9 Å². The zero-order chi connectivity index (χ0) is 13.0. The Morgan fingerprint density at radius 3 is 2.56 bits per heavy atom. The molecule has 0 heterocycles. The molecule has 2 aromatic rings. The van der Waals surface area contributed by atoms with Crippen molar-refractivity contribution in [2.24, 2.45) is 0 Å². The van der Waals surface area contributed by atoms with Crippen molar-refractivity contribution in [2.45, 2.75) is 0 Å². The summed E-state index contributed by atoms with van der Waals surface area (Å²) in [6.07, 6.45) is 1.66. The van der Waals surface area contributed by atoms with E-state index in [1.165, 1.54) is 0 Å². The summed E-state index contributed by atoms with van der Waals surface area (Å²) >= 11 is 0. The molecule has 1 amide bonds. The van der Waals surface area contributed by atoms with Crippen molar-refractivity contribution in [3.63, 3.8) is 0 Å². The summed E-state index contributed by atoms with van der Waals surface area (Å²) in [4.78, 5) is 12.0. The van der Waals surface area contributed by atoms with Gasteiger partial charge < -0.3 is 11.1 Å². The molecule has 0 radical (unpaired) electrons. The Labute approximate surface area is 106 Å². The van der Waals surface area contributed by atoms with Crippen LogP contribution in [0.4, 0.5) is 11.4 Å². The molecule has 0 unspecified atom stereocenters. The summed E-state index contributed by atoms with van der Waals surface area (Å²) in [6.45, 7) is 3.71. The van der Waals surface area contributed by atoms with Crippen molar-refractivity contribution in [3.8, 4) is 0 Å². The Bertz CT molecular complexity index is 576. The van der Waals surface area contributed by atoms with Crippen LogP contribution < -0.4 is 11.1 Å². The first-order chi connectivity index (χ1) is 8.70. The average molecular weight is 238 g/mol. The number of anilines is 2. The molecule has 0 spiro atoms. The van der Waals surface area contributed by atoms with Gasteiger partial charge in [0.05, 0.1) is 0 Å². The maximum atomic E-state index is 12.0. The third kappa shape index (κ3) is 2.58. The molecule has 0 saturated carbocycles. The van der Waals surface area contributed by atoms with E-state index in [0.717, 1.165) is 5.56 Å². The van der Waals surface area contributed by atoms with E-state index in [-0.39, 0.29) is 5.91 Å². The molecule has 0 aliphatic carbocycles. The fourth-order valence-electron chi connectivity index (χ4n) is 1.65. The average Bonchev–Trinajstić information content (AvgIpc) is 2.41. The van der Waals surface area contributed by atoms with E-state index < -0.39 is 0 Å². The summed E-state index contributed by atoms with van der Waals surface area (Å²) in [7, 11) is 0. The molecule has 0 saturated heterocycles. The van der Waals surface area contributed by atoms with E-state index in [2.05, 4.69) is 11.9 Å². The summed E-state index contributed by atoms with van der Waals surface area (Å²) in [6, 6.07) is 14.3. The van der Waals surface area contributed by atoms with Crippen LogP contribution in [0.25, 0.3) is 6.08 Å². The van der Waals surface area contributed by atoms with E-state index >= 15 is 0 Å². The smallest absolute Gasteiger partial charge is 0.255 e. The van der Waals surface area contributed by atoms with Crippen LogP contribution in [-0.2, 0) is 0 Å². The Hall–Kier alpha value is -2.55. The number of nitrogen functional groups attached to an aromatic ring is 1. The largest absolute Gasteiger partial charge is 0.399 e. The van der Waals surface area contributed by atoms with Crippen LogP contribution in [-0.4, -0.2) is 5.91 Å². The second-order valence-electron chi connectivity index (χ2n) is 3.87. The van der Waals surface area contributed by atoms with Crippen LogP contribution in [0.5, 0.6) is 0 Å². The SMILES string of the molecule is C=Cc1cc(N)ccc1NC(=O)c1ccccc1. The molecule has 2 aromatic carbocycles. The molecule has 0 atom stereocenters. The van der Waals surface area contributed by atoms with Gasteiger partial charge in [0.15, 0.2) is 0 Å². The summed E-state index contributed by atoms with van der Waals surface area (Å²) < 4.78 is 0. The topological polar surface area (TPSA) is 55.1 Å². The molecule has 3 N–H and O–H groups in total. The number of hydrogen-bond donors (Lipinski definition) is 2. The fraction of sp³-hybridized carbons (Fsp3) is 0. The van der Waals surface area contributed by atoms with Gasteiger partial charge >= 0.3 is 0 Å². The van der Waals surface area contributed by atoms with E-state index in [0.29, 0.717) is 16.9 Å². The summed E-state index contributed by atoms with van der Waals surface area (Å²) in [5.41, 5.74) is 8.45. The number of amides is 1. The van der Waals surface area contributed by atoms with Crippen molar-refractivity contribution in [2.75, 3.05) is 11.1 Å².